The molecule has 1 amide bonds. The van der Waals surface area contributed by atoms with E-state index in [1.165, 1.54) is 6.08 Å². The molecule has 136 valence electrons. The summed E-state index contributed by atoms with van der Waals surface area (Å²) in [5.41, 5.74) is 2.80. The number of fused-ring (bicyclic) bond motifs is 1. The van der Waals surface area contributed by atoms with Crippen LogP contribution in [0.3, 0.4) is 0 Å². The number of likely N-dealkylation sites (N-methyl/N-ethyl adjacent to an activating group) is 1. The molecule has 0 saturated heterocycles. The van der Waals surface area contributed by atoms with Crippen LogP contribution in [0.25, 0.3) is 6.08 Å². The molecule has 0 bridgehead atoms. The van der Waals surface area contributed by atoms with E-state index in [1.807, 2.05) is 26.1 Å². The fourth-order valence-electron chi connectivity index (χ4n) is 2.78. The van der Waals surface area contributed by atoms with E-state index in [0.717, 1.165) is 29.1 Å². The van der Waals surface area contributed by atoms with Crippen LogP contribution in [0, 0.1) is 0 Å². The van der Waals surface area contributed by atoms with Crippen LogP contribution >= 0.6 is 23.2 Å². The number of ether oxygens (including phenoxy) is 1. The van der Waals surface area contributed by atoms with Crippen molar-refractivity contribution in [1.82, 2.24) is 5.32 Å². The van der Waals surface area contributed by atoms with E-state index in [1.54, 1.807) is 24.3 Å². The zero-order valence-electron chi connectivity index (χ0n) is 14.6. The highest BCUT2D eigenvalue weighted by Crippen LogP contribution is 2.33. The van der Waals surface area contributed by atoms with Crippen LogP contribution < -0.4 is 15.0 Å². The highest BCUT2D eigenvalue weighted by atomic mass is 35.5. The second-order valence-corrected chi connectivity index (χ2v) is 7.07. The van der Waals surface area contributed by atoms with Crippen molar-refractivity contribution in [2.24, 2.45) is 0 Å². The van der Waals surface area contributed by atoms with Gasteiger partial charge in [0, 0.05) is 23.2 Å². The van der Waals surface area contributed by atoms with Crippen LogP contribution in [0.5, 0.6) is 5.75 Å². The van der Waals surface area contributed by atoms with Gasteiger partial charge in [0.1, 0.15) is 12.4 Å². The Morgan fingerprint density at radius 1 is 1.27 bits per heavy atom. The summed E-state index contributed by atoms with van der Waals surface area (Å²) in [5, 5.41) is 4.03. The minimum atomic E-state index is -0.189. The zero-order chi connectivity index (χ0) is 18.7. The lowest BCUT2D eigenvalue weighted by Crippen LogP contribution is -2.29. The second kappa shape index (κ2) is 8.02. The molecule has 1 aliphatic heterocycles. The molecule has 26 heavy (non-hydrogen) atoms. The van der Waals surface area contributed by atoms with E-state index < -0.39 is 0 Å². The first kappa shape index (κ1) is 18.6. The smallest absolute Gasteiger partial charge is 0.244 e. The zero-order valence-corrected chi connectivity index (χ0v) is 16.1. The van der Waals surface area contributed by atoms with Gasteiger partial charge in [-0.25, -0.2) is 0 Å². The summed E-state index contributed by atoms with van der Waals surface area (Å²) in [5.74, 6) is 0.684. The number of benzene rings is 2. The molecule has 0 radical (unpaired) electrons. The lowest BCUT2D eigenvalue weighted by atomic mass is 10.1. The molecule has 6 heteroatoms. The van der Waals surface area contributed by atoms with E-state index in [4.69, 9.17) is 27.9 Å². The van der Waals surface area contributed by atoms with Gasteiger partial charge in [-0.2, -0.15) is 0 Å². The van der Waals surface area contributed by atoms with Gasteiger partial charge in [0.2, 0.25) is 5.91 Å². The molecule has 1 aliphatic rings. The summed E-state index contributed by atoms with van der Waals surface area (Å²) < 4.78 is 5.65. The van der Waals surface area contributed by atoms with Crippen LogP contribution in [0.15, 0.2) is 42.5 Å². The Kier molecular flexibility index (Phi) is 5.74. The van der Waals surface area contributed by atoms with E-state index in [-0.39, 0.29) is 11.9 Å². The van der Waals surface area contributed by atoms with Crippen molar-refractivity contribution in [3.63, 3.8) is 0 Å². The Hall–Kier alpha value is -2.17. The predicted octanol–water partition coefficient (Wildman–Crippen LogP) is 4.71. The van der Waals surface area contributed by atoms with Gasteiger partial charge in [0.25, 0.3) is 0 Å². The maximum absolute atomic E-state index is 12.2. The number of halogens is 2. The number of amides is 1. The fourth-order valence-corrected chi connectivity index (χ4v) is 3.26. The first-order valence-corrected chi connectivity index (χ1v) is 9.11. The summed E-state index contributed by atoms with van der Waals surface area (Å²) in [4.78, 5) is 14.4. The molecule has 0 spiro atoms. The first-order valence-electron chi connectivity index (χ1n) is 8.35. The molecule has 0 fully saturated rings. The highest BCUT2D eigenvalue weighted by molar-refractivity contribution is 6.35. The molecule has 1 atom stereocenters. The van der Waals surface area contributed by atoms with Gasteiger partial charge in [0.15, 0.2) is 0 Å². The molecule has 1 N–H and O–H groups in total. The minimum Gasteiger partial charge on any atom is -0.490 e. The largest absolute Gasteiger partial charge is 0.490 e. The number of anilines is 1. The van der Waals surface area contributed by atoms with Gasteiger partial charge in [-0.1, -0.05) is 35.3 Å². The summed E-state index contributed by atoms with van der Waals surface area (Å²) >= 11 is 12.0. The third-order valence-corrected chi connectivity index (χ3v) is 4.88. The maximum atomic E-state index is 12.2. The Morgan fingerprint density at radius 2 is 2.08 bits per heavy atom. The monoisotopic (exact) mass is 390 g/mol. The van der Waals surface area contributed by atoms with E-state index in [2.05, 4.69) is 16.3 Å². The fraction of sp³-hybridized carbons (Fsp3) is 0.250. The molecule has 1 heterocycles. The van der Waals surface area contributed by atoms with Crippen LogP contribution in [0.1, 0.15) is 24.1 Å². The predicted molar refractivity (Wildman–Crippen MR) is 107 cm³/mol. The topological polar surface area (TPSA) is 41.6 Å². The quantitative estimate of drug-likeness (QED) is 0.768. The molecular formula is C20H20Cl2N2O2. The molecule has 1 unspecified atom stereocenters. The van der Waals surface area contributed by atoms with Gasteiger partial charge in [-0.15, -0.1) is 0 Å². The van der Waals surface area contributed by atoms with Crippen molar-refractivity contribution in [2.75, 3.05) is 25.1 Å². The number of nitrogens with zero attached hydrogens (tertiary/aromatic N) is 1. The van der Waals surface area contributed by atoms with Crippen molar-refractivity contribution in [1.29, 1.82) is 0 Å². The molecule has 0 aliphatic carbocycles. The van der Waals surface area contributed by atoms with Gasteiger partial charge in [-0.05, 0) is 48.4 Å². The van der Waals surface area contributed by atoms with Gasteiger partial charge in [0.05, 0.1) is 18.3 Å². The van der Waals surface area contributed by atoms with E-state index >= 15 is 0 Å². The number of nitrogens with one attached hydrogen (secondary N) is 1. The maximum Gasteiger partial charge on any atom is 0.244 e. The van der Waals surface area contributed by atoms with Gasteiger partial charge < -0.3 is 15.0 Å². The number of rotatable bonds is 4. The molecule has 2 aromatic rings. The number of hydrogen-bond donors (Lipinski definition) is 1. The van der Waals surface area contributed by atoms with Crippen LogP contribution in [0.4, 0.5) is 5.69 Å². The Balaban J connectivity index is 1.67. The standard InChI is InChI=1S/C20H20Cl2N2O2/c1-13(15-4-7-19-18(11-15)24(2)9-10-26-19)23-20(25)8-5-14-3-6-16(21)12-17(14)22/h3-8,11-13H,9-10H2,1-2H3,(H,23,25)/b8-5+. The van der Waals surface area contributed by atoms with Crippen molar-refractivity contribution in [3.8, 4) is 5.75 Å². The molecular weight excluding hydrogens is 371 g/mol. The minimum absolute atomic E-state index is 0.131. The number of hydrogen-bond acceptors (Lipinski definition) is 3. The van der Waals surface area contributed by atoms with Crippen molar-refractivity contribution in [2.45, 2.75) is 13.0 Å². The molecule has 0 saturated carbocycles. The summed E-state index contributed by atoms with van der Waals surface area (Å²) in [6.07, 6.45) is 3.15. The molecule has 4 nitrogen and oxygen atoms in total. The molecule has 2 aromatic carbocycles. The van der Waals surface area contributed by atoms with Crippen molar-refractivity contribution < 1.29 is 9.53 Å². The van der Waals surface area contributed by atoms with Crippen molar-refractivity contribution in [3.05, 3.63) is 63.6 Å². The van der Waals surface area contributed by atoms with E-state index in [9.17, 15) is 4.79 Å². The third-order valence-electron chi connectivity index (χ3n) is 4.31. The lowest BCUT2D eigenvalue weighted by molar-refractivity contribution is -0.117. The molecule has 3 rings (SSSR count). The number of carbonyl (C=O) groups is 1. The average molecular weight is 391 g/mol. The Bertz CT molecular complexity index is 852. The van der Waals surface area contributed by atoms with Crippen LogP contribution in [0.2, 0.25) is 10.0 Å². The summed E-state index contributed by atoms with van der Waals surface area (Å²) in [6, 6.07) is 11.0. The van der Waals surface area contributed by atoms with Crippen LogP contribution in [-0.4, -0.2) is 26.1 Å². The second-order valence-electron chi connectivity index (χ2n) is 6.23. The highest BCUT2D eigenvalue weighted by Gasteiger charge is 2.17. The summed E-state index contributed by atoms with van der Waals surface area (Å²) in [6.45, 7) is 3.49. The van der Waals surface area contributed by atoms with E-state index in [0.29, 0.717) is 16.7 Å². The SMILES string of the molecule is CC(NC(=O)/C=C/c1ccc(Cl)cc1Cl)c1ccc2c(c1)N(C)CCO2. The van der Waals surface area contributed by atoms with Gasteiger partial charge >= 0.3 is 0 Å². The first-order chi connectivity index (χ1) is 12.4. The summed E-state index contributed by atoms with van der Waals surface area (Å²) in [7, 11) is 2.03. The lowest BCUT2D eigenvalue weighted by Gasteiger charge is -2.28. The van der Waals surface area contributed by atoms with Crippen LogP contribution in [-0.2, 0) is 4.79 Å². The number of carbonyl (C=O) groups excluding carboxylic acids is 1. The average Bonchev–Trinajstić information content (AvgIpc) is 2.61. The van der Waals surface area contributed by atoms with Crippen molar-refractivity contribution >= 4 is 40.9 Å². The third kappa shape index (κ3) is 4.32. The normalized spacial score (nSPS) is 14.7. The Labute approximate surface area is 163 Å². The molecule has 0 aromatic heterocycles. The van der Waals surface area contributed by atoms with Gasteiger partial charge in [-0.3, -0.25) is 4.79 Å². The Morgan fingerprint density at radius 3 is 2.85 bits per heavy atom.